The van der Waals surface area contributed by atoms with Crippen molar-refractivity contribution in [1.82, 2.24) is 0 Å². The van der Waals surface area contributed by atoms with Gasteiger partial charge in [-0.2, -0.15) is 0 Å². The molecule has 0 spiro atoms. The number of nitrogens with one attached hydrogen (secondary N) is 1. The first-order valence-corrected chi connectivity index (χ1v) is 7.55. The second kappa shape index (κ2) is 5.36. The van der Waals surface area contributed by atoms with E-state index in [2.05, 4.69) is 37.4 Å². The first kappa shape index (κ1) is 13.9. The van der Waals surface area contributed by atoms with Crippen LogP contribution in [-0.2, 0) is 10.2 Å². The number of anilines is 1. The van der Waals surface area contributed by atoms with Crippen molar-refractivity contribution < 1.29 is 4.79 Å². The van der Waals surface area contributed by atoms with Gasteiger partial charge in [0.15, 0.2) is 0 Å². The van der Waals surface area contributed by atoms with Crippen molar-refractivity contribution in [2.75, 3.05) is 5.32 Å². The summed E-state index contributed by atoms with van der Waals surface area (Å²) in [5.41, 5.74) is 4.05. The van der Waals surface area contributed by atoms with Gasteiger partial charge in [0, 0.05) is 5.69 Å². The molecule has 0 saturated heterocycles. The van der Waals surface area contributed by atoms with Gasteiger partial charge in [-0.25, -0.2) is 0 Å². The molecule has 0 unspecified atom stereocenters. The van der Waals surface area contributed by atoms with Gasteiger partial charge in [-0.3, -0.25) is 4.79 Å². The van der Waals surface area contributed by atoms with Gasteiger partial charge in [0.25, 0.3) is 0 Å². The van der Waals surface area contributed by atoms with E-state index >= 15 is 0 Å². The number of hydrogen-bond donors (Lipinski definition) is 1. The molecule has 0 atom stereocenters. The molecule has 3 rings (SSSR count). The van der Waals surface area contributed by atoms with Crippen molar-refractivity contribution in [2.24, 2.45) is 0 Å². The number of carbonyl (C=O) groups is 1. The molecule has 0 bridgehead atoms. The molecular formula is C19H21NO. The van der Waals surface area contributed by atoms with Crippen molar-refractivity contribution in [3.63, 3.8) is 0 Å². The molecule has 0 aromatic heterocycles. The van der Waals surface area contributed by atoms with Gasteiger partial charge in [0.2, 0.25) is 5.91 Å². The Morgan fingerprint density at radius 2 is 1.62 bits per heavy atom. The van der Waals surface area contributed by atoms with Crippen molar-refractivity contribution in [3.8, 4) is 0 Å². The van der Waals surface area contributed by atoms with E-state index < -0.39 is 0 Å². The molecule has 1 aliphatic rings. The standard InChI is InChI=1S/C19H21NO/c1-14-11-15(2)13-17(12-14)20-18(21)19(9-6-10-19)16-7-4-3-5-8-16/h3-5,7-8,11-13H,6,9-10H2,1-2H3,(H,20,21). The van der Waals surface area contributed by atoms with E-state index in [-0.39, 0.29) is 11.3 Å². The lowest BCUT2D eigenvalue weighted by atomic mass is 9.64. The molecule has 108 valence electrons. The number of aryl methyl sites for hydroxylation is 2. The fourth-order valence-electron chi connectivity index (χ4n) is 3.23. The maximum atomic E-state index is 12.8. The van der Waals surface area contributed by atoms with Crippen LogP contribution in [0.2, 0.25) is 0 Å². The molecule has 1 fully saturated rings. The molecule has 0 aliphatic heterocycles. The van der Waals surface area contributed by atoms with Crippen molar-refractivity contribution in [3.05, 3.63) is 65.2 Å². The van der Waals surface area contributed by atoms with E-state index in [4.69, 9.17) is 0 Å². The third kappa shape index (κ3) is 2.58. The Bertz CT molecular complexity index is 636. The molecular weight excluding hydrogens is 258 g/mol. The number of carbonyl (C=O) groups excluding carboxylic acids is 1. The van der Waals surface area contributed by atoms with Gasteiger partial charge in [0.05, 0.1) is 5.41 Å². The molecule has 2 heteroatoms. The summed E-state index contributed by atoms with van der Waals surface area (Å²) >= 11 is 0. The summed E-state index contributed by atoms with van der Waals surface area (Å²) in [5.74, 6) is 0.130. The molecule has 0 heterocycles. The van der Waals surface area contributed by atoms with Crippen molar-refractivity contribution in [1.29, 1.82) is 0 Å². The molecule has 21 heavy (non-hydrogen) atoms. The summed E-state index contributed by atoms with van der Waals surface area (Å²) in [6.45, 7) is 4.11. The van der Waals surface area contributed by atoms with E-state index in [0.29, 0.717) is 0 Å². The predicted octanol–water partition coefficient (Wildman–Crippen LogP) is 4.36. The monoisotopic (exact) mass is 279 g/mol. The molecule has 2 aromatic carbocycles. The molecule has 1 N–H and O–H groups in total. The van der Waals surface area contributed by atoms with Crippen molar-refractivity contribution >= 4 is 11.6 Å². The quantitative estimate of drug-likeness (QED) is 0.888. The Balaban J connectivity index is 1.87. The van der Waals surface area contributed by atoms with Gasteiger partial charge >= 0.3 is 0 Å². The fourth-order valence-corrected chi connectivity index (χ4v) is 3.23. The van der Waals surface area contributed by atoms with E-state index in [0.717, 1.165) is 30.5 Å². The molecule has 0 radical (unpaired) electrons. The summed E-state index contributed by atoms with van der Waals surface area (Å²) in [5, 5.41) is 3.13. The van der Waals surface area contributed by atoms with Crippen LogP contribution in [0, 0.1) is 13.8 Å². The predicted molar refractivity (Wildman–Crippen MR) is 86.5 cm³/mol. The maximum absolute atomic E-state index is 12.8. The summed E-state index contributed by atoms with van der Waals surface area (Å²) in [6, 6.07) is 16.3. The lowest BCUT2D eigenvalue weighted by Gasteiger charge is -2.40. The van der Waals surface area contributed by atoms with Crippen LogP contribution in [0.1, 0.15) is 36.0 Å². The lowest BCUT2D eigenvalue weighted by Crippen LogP contribution is -2.46. The second-order valence-electron chi connectivity index (χ2n) is 6.13. The summed E-state index contributed by atoms with van der Waals surface area (Å²) in [4.78, 5) is 12.8. The zero-order valence-corrected chi connectivity index (χ0v) is 12.6. The number of benzene rings is 2. The van der Waals surface area contributed by atoms with Crippen LogP contribution in [-0.4, -0.2) is 5.91 Å². The van der Waals surface area contributed by atoms with E-state index in [1.54, 1.807) is 0 Å². The van der Waals surface area contributed by atoms with E-state index in [1.165, 1.54) is 11.1 Å². The van der Waals surface area contributed by atoms with Crippen molar-refractivity contribution in [2.45, 2.75) is 38.5 Å². The van der Waals surface area contributed by atoms with Gasteiger partial charge < -0.3 is 5.32 Å². The Kier molecular flexibility index (Phi) is 3.54. The normalized spacial score (nSPS) is 16.1. The minimum absolute atomic E-state index is 0.130. The molecule has 2 aromatic rings. The average Bonchev–Trinajstić information content (AvgIpc) is 2.37. The Hall–Kier alpha value is -2.09. The second-order valence-corrected chi connectivity index (χ2v) is 6.13. The topological polar surface area (TPSA) is 29.1 Å². The molecule has 1 amide bonds. The highest BCUT2D eigenvalue weighted by Gasteiger charge is 2.45. The SMILES string of the molecule is Cc1cc(C)cc(NC(=O)C2(c3ccccc3)CCC2)c1. The number of amides is 1. The molecule has 1 saturated carbocycles. The van der Waals surface area contributed by atoms with Gasteiger partial charge in [-0.1, -0.05) is 42.8 Å². The number of hydrogen-bond acceptors (Lipinski definition) is 1. The Morgan fingerprint density at radius 1 is 1.00 bits per heavy atom. The third-order valence-corrected chi connectivity index (χ3v) is 4.45. The highest BCUT2D eigenvalue weighted by molar-refractivity contribution is 6.00. The summed E-state index contributed by atoms with van der Waals surface area (Å²) in [6.07, 6.45) is 3.00. The largest absolute Gasteiger partial charge is 0.325 e. The van der Waals surface area contributed by atoms with Crippen LogP contribution < -0.4 is 5.32 Å². The molecule has 1 aliphatic carbocycles. The maximum Gasteiger partial charge on any atom is 0.235 e. The minimum Gasteiger partial charge on any atom is -0.325 e. The van der Waals surface area contributed by atoms with Crippen LogP contribution >= 0.6 is 0 Å². The fraction of sp³-hybridized carbons (Fsp3) is 0.316. The summed E-state index contributed by atoms with van der Waals surface area (Å²) in [7, 11) is 0. The van der Waals surface area contributed by atoms with E-state index in [9.17, 15) is 4.79 Å². The van der Waals surface area contributed by atoms with Gasteiger partial charge in [-0.15, -0.1) is 0 Å². The average molecular weight is 279 g/mol. The van der Waals surface area contributed by atoms with Crippen LogP contribution in [0.15, 0.2) is 48.5 Å². The third-order valence-electron chi connectivity index (χ3n) is 4.45. The highest BCUT2D eigenvalue weighted by atomic mass is 16.2. The first-order chi connectivity index (χ1) is 10.1. The minimum atomic E-state index is -0.334. The molecule has 2 nitrogen and oxygen atoms in total. The highest BCUT2D eigenvalue weighted by Crippen LogP contribution is 2.44. The van der Waals surface area contributed by atoms with Gasteiger partial charge in [-0.05, 0) is 55.5 Å². The van der Waals surface area contributed by atoms with E-state index in [1.807, 2.05) is 30.3 Å². The first-order valence-electron chi connectivity index (χ1n) is 7.55. The van der Waals surface area contributed by atoms with Crippen LogP contribution in [0.4, 0.5) is 5.69 Å². The van der Waals surface area contributed by atoms with Crippen LogP contribution in [0.5, 0.6) is 0 Å². The van der Waals surface area contributed by atoms with Crippen LogP contribution in [0.25, 0.3) is 0 Å². The zero-order chi connectivity index (χ0) is 14.9. The van der Waals surface area contributed by atoms with Gasteiger partial charge in [0.1, 0.15) is 0 Å². The Labute approximate surface area is 126 Å². The summed E-state index contributed by atoms with van der Waals surface area (Å²) < 4.78 is 0. The number of rotatable bonds is 3. The lowest BCUT2D eigenvalue weighted by molar-refractivity contribution is -0.124. The Morgan fingerprint density at radius 3 is 2.14 bits per heavy atom. The van der Waals surface area contributed by atoms with Crippen LogP contribution in [0.3, 0.4) is 0 Å². The smallest absolute Gasteiger partial charge is 0.235 e. The zero-order valence-electron chi connectivity index (χ0n) is 12.6.